The largest absolute Gasteiger partial charge is 0.530 e. The number of carboxylic acid groups (broad SMARTS) is 1. The molecule has 0 aliphatic carbocycles. The monoisotopic (exact) mass is 275 g/mol. The summed E-state index contributed by atoms with van der Waals surface area (Å²) in [6.07, 6.45) is 0.809. The van der Waals surface area contributed by atoms with E-state index < -0.39 is 12.5 Å². The third-order valence-electron chi connectivity index (χ3n) is 4.30. The molecule has 2 fully saturated rings. The van der Waals surface area contributed by atoms with Crippen molar-refractivity contribution in [2.24, 2.45) is 11.8 Å². The van der Waals surface area contributed by atoms with Crippen molar-refractivity contribution in [2.45, 2.75) is 32.1 Å². The van der Waals surface area contributed by atoms with Gasteiger partial charge in [0.25, 0.3) is 6.43 Å². The van der Waals surface area contributed by atoms with Crippen molar-refractivity contribution in [3.05, 3.63) is 0 Å². The van der Waals surface area contributed by atoms with Gasteiger partial charge >= 0.3 is 0 Å². The third kappa shape index (κ3) is 4.30. The molecular formula is C13H21F2N2O2-. The van der Waals surface area contributed by atoms with E-state index in [1.807, 2.05) is 4.90 Å². The Labute approximate surface area is 112 Å². The Morgan fingerprint density at radius 3 is 2.26 bits per heavy atom. The molecule has 19 heavy (non-hydrogen) atoms. The van der Waals surface area contributed by atoms with E-state index in [4.69, 9.17) is 0 Å². The molecule has 0 aromatic rings. The van der Waals surface area contributed by atoms with E-state index in [0.29, 0.717) is 24.9 Å². The van der Waals surface area contributed by atoms with Crippen LogP contribution in [0.15, 0.2) is 0 Å². The quantitative estimate of drug-likeness (QED) is 0.752. The van der Waals surface area contributed by atoms with Crippen LogP contribution in [0.5, 0.6) is 0 Å². The zero-order valence-electron chi connectivity index (χ0n) is 11.1. The lowest BCUT2D eigenvalue weighted by Crippen LogP contribution is -2.54. The molecule has 0 spiro atoms. The number of carbonyl (C=O) groups excluding carboxylic acids is 1. The van der Waals surface area contributed by atoms with Crippen molar-refractivity contribution in [1.29, 1.82) is 0 Å². The number of carbonyl (C=O) groups is 1. The smallest absolute Gasteiger partial charge is 0.251 e. The topological polar surface area (TPSA) is 46.6 Å². The van der Waals surface area contributed by atoms with Crippen LogP contribution in [0.4, 0.5) is 13.6 Å². The molecule has 2 heterocycles. The fourth-order valence-corrected chi connectivity index (χ4v) is 3.03. The summed E-state index contributed by atoms with van der Waals surface area (Å²) >= 11 is 0. The number of halogens is 2. The molecule has 110 valence electrons. The molecule has 0 atom stereocenters. The maximum absolute atomic E-state index is 12.2. The van der Waals surface area contributed by atoms with Crippen LogP contribution in [0.1, 0.15) is 25.7 Å². The highest BCUT2D eigenvalue weighted by molar-refractivity contribution is 5.63. The number of hydrogen-bond acceptors (Lipinski definition) is 3. The molecular weight excluding hydrogens is 254 g/mol. The van der Waals surface area contributed by atoms with E-state index >= 15 is 0 Å². The van der Waals surface area contributed by atoms with E-state index in [0.717, 1.165) is 38.8 Å². The van der Waals surface area contributed by atoms with Crippen LogP contribution in [0.2, 0.25) is 0 Å². The number of rotatable bonds is 5. The van der Waals surface area contributed by atoms with Crippen LogP contribution in [-0.4, -0.2) is 55.0 Å². The normalized spacial score (nSPS) is 22.8. The van der Waals surface area contributed by atoms with Gasteiger partial charge in [-0.15, -0.1) is 0 Å². The average molecular weight is 275 g/mol. The van der Waals surface area contributed by atoms with Gasteiger partial charge < -0.3 is 14.8 Å². The molecule has 2 aliphatic heterocycles. The van der Waals surface area contributed by atoms with Gasteiger partial charge in [0.15, 0.2) is 0 Å². The first-order chi connectivity index (χ1) is 9.04. The molecule has 1 amide bonds. The minimum Gasteiger partial charge on any atom is -0.530 e. The van der Waals surface area contributed by atoms with Gasteiger partial charge in [0.2, 0.25) is 0 Å². The average Bonchev–Trinajstić information content (AvgIpc) is 2.28. The molecule has 6 heteroatoms. The summed E-state index contributed by atoms with van der Waals surface area (Å²) in [5.41, 5.74) is 0. The van der Waals surface area contributed by atoms with Gasteiger partial charge in [0.05, 0.1) is 6.54 Å². The fraction of sp³-hybridized carbons (Fsp3) is 0.923. The van der Waals surface area contributed by atoms with Crippen molar-refractivity contribution in [1.82, 2.24) is 9.80 Å². The highest BCUT2D eigenvalue weighted by Gasteiger charge is 2.28. The van der Waals surface area contributed by atoms with Crippen LogP contribution in [0, 0.1) is 11.8 Å². The van der Waals surface area contributed by atoms with Gasteiger partial charge in [-0.05, 0) is 50.6 Å². The first-order valence-electron chi connectivity index (χ1n) is 7.01. The highest BCUT2D eigenvalue weighted by atomic mass is 19.3. The van der Waals surface area contributed by atoms with Crippen LogP contribution in [-0.2, 0) is 0 Å². The standard InChI is InChI=1S/C13H22F2N2O2/c14-12(15)9-16-5-3-10(4-6-16)1-2-11-7-17(8-11)13(18)19/h10-12H,1-9H2,(H,18,19)/p-1. The van der Waals surface area contributed by atoms with E-state index in [9.17, 15) is 18.7 Å². The van der Waals surface area contributed by atoms with Crippen LogP contribution >= 0.6 is 0 Å². The number of nitrogens with zero attached hydrogens (tertiary/aromatic N) is 2. The molecule has 4 nitrogen and oxygen atoms in total. The van der Waals surface area contributed by atoms with Gasteiger partial charge in [0.1, 0.15) is 6.09 Å². The molecule has 0 bridgehead atoms. The lowest BCUT2D eigenvalue weighted by atomic mass is 9.86. The van der Waals surface area contributed by atoms with Crippen LogP contribution in [0.3, 0.4) is 0 Å². The van der Waals surface area contributed by atoms with Crippen molar-refractivity contribution < 1.29 is 18.7 Å². The predicted molar refractivity (Wildman–Crippen MR) is 64.9 cm³/mol. The lowest BCUT2D eigenvalue weighted by Gasteiger charge is -2.42. The predicted octanol–water partition coefficient (Wildman–Crippen LogP) is 1.02. The van der Waals surface area contributed by atoms with Crippen molar-refractivity contribution in [3.8, 4) is 0 Å². The Hall–Kier alpha value is -0.910. The Bertz CT molecular complexity index is 301. The number of piperidine rings is 1. The Kier molecular flexibility index (Phi) is 4.96. The zero-order chi connectivity index (χ0) is 13.8. The molecule has 0 aromatic carbocycles. The van der Waals surface area contributed by atoms with Gasteiger partial charge in [0, 0.05) is 13.1 Å². The number of hydrogen-bond donors (Lipinski definition) is 0. The summed E-state index contributed by atoms with van der Waals surface area (Å²) in [5.74, 6) is 1.09. The van der Waals surface area contributed by atoms with Crippen molar-refractivity contribution in [3.63, 3.8) is 0 Å². The van der Waals surface area contributed by atoms with Gasteiger partial charge in [-0.1, -0.05) is 0 Å². The first-order valence-corrected chi connectivity index (χ1v) is 7.01. The molecule has 2 aliphatic rings. The summed E-state index contributed by atoms with van der Waals surface area (Å²) in [6.45, 7) is 2.64. The van der Waals surface area contributed by atoms with Crippen molar-refractivity contribution in [2.75, 3.05) is 32.7 Å². The summed E-state index contributed by atoms with van der Waals surface area (Å²) < 4.78 is 24.5. The summed E-state index contributed by atoms with van der Waals surface area (Å²) in [6, 6.07) is 0. The summed E-state index contributed by atoms with van der Waals surface area (Å²) in [5, 5.41) is 10.5. The molecule has 2 rings (SSSR count). The van der Waals surface area contributed by atoms with E-state index in [1.165, 1.54) is 4.90 Å². The lowest BCUT2D eigenvalue weighted by molar-refractivity contribution is -0.271. The number of likely N-dealkylation sites (tertiary alicyclic amines) is 2. The Morgan fingerprint density at radius 1 is 1.16 bits per heavy atom. The number of alkyl halides is 2. The zero-order valence-corrected chi connectivity index (χ0v) is 11.1. The van der Waals surface area contributed by atoms with E-state index in [1.54, 1.807) is 0 Å². The second-order valence-corrected chi connectivity index (χ2v) is 5.75. The minimum atomic E-state index is -2.23. The molecule has 0 saturated carbocycles. The Balaban J connectivity index is 1.56. The number of amides is 1. The molecule has 0 aromatic heterocycles. The Morgan fingerprint density at radius 2 is 1.74 bits per heavy atom. The van der Waals surface area contributed by atoms with Gasteiger partial charge in [-0.2, -0.15) is 0 Å². The van der Waals surface area contributed by atoms with E-state index in [2.05, 4.69) is 0 Å². The fourth-order valence-electron chi connectivity index (χ4n) is 3.03. The minimum absolute atomic E-state index is 0.101. The van der Waals surface area contributed by atoms with E-state index in [-0.39, 0.29) is 6.54 Å². The third-order valence-corrected chi connectivity index (χ3v) is 4.30. The van der Waals surface area contributed by atoms with Crippen LogP contribution in [0.25, 0.3) is 0 Å². The molecule has 0 N–H and O–H groups in total. The molecule has 2 saturated heterocycles. The van der Waals surface area contributed by atoms with Gasteiger partial charge in [-0.3, -0.25) is 4.90 Å². The van der Waals surface area contributed by atoms with Crippen LogP contribution < -0.4 is 5.11 Å². The maximum Gasteiger partial charge on any atom is 0.251 e. The molecule has 0 radical (unpaired) electrons. The van der Waals surface area contributed by atoms with Gasteiger partial charge in [-0.25, -0.2) is 8.78 Å². The second-order valence-electron chi connectivity index (χ2n) is 5.75. The maximum atomic E-state index is 12.2. The summed E-state index contributed by atoms with van der Waals surface area (Å²) in [7, 11) is 0. The molecule has 0 unspecified atom stereocenters. The summed E-state index contributed by atoms with van der Waals surface area (Å²) in [4.78, 5) is 13.7. The first kappa shape index (κ1) is 14.5. The van der Waals surface area contributed by atoms with Crippen molar-refractivity contribution >= 4 is 6.09 Å². The highest BCUT2D eigenvalue weighted by Crippen LogP contribution is 2.27. The second kappa shape index (κ2) is 6.50. The SMILES string of the molecule is O=C([O-])N1CC(CCC2CCN(CC(F)F)CC2)C1.